The lowest BCUT2D eigenvalue weighted by molar-refractivity contribution is -0.133. The van der Waals surface area contributed by atoms with Gasteiger partial charge in [-0.15, -0.1) is 0 Å². The number of likely N-dealkylation sites (N-methyl/N-ethyl adjacent to an activating group) is 1. The Balaban J connectivity index is 1.76. The number of fused-ring (bicyclic) bond motifs is 1. The number of aliphatic hydroxyl groups is 1. The fourth-order valence-electron chi connectivity index (χ4n) is 2.77. The Hall–Kier alpha value is -1.85. The molecule has 0 radical (unpaired) electrons. The predicted molar refractivity (Wildman–Crippen MR) is 81.9 cm³/mol. The lowest BCUT2D eigenvalue weighted by Crippen LogP contribution is -2.48. The number of rotatable bonds is 3. The summed E-state index contributed by atoms with van der Waals surface area (Å²) in [5.74, 6) is 0.162. The van der Waals surface area contributed by atoms with Gasteiger partial charge in [-0.25, -0.2) is 0 Å². The van der Waals surface area contributed by atoms with Gasteiger partial charge < -0.3 is 19.5 Å². The maximum Gasteiger partial charge on any atom is 0.242 e. The largest absolute Gasteiger partial charge is 0.392 e. The number of hydrogen-bond acceptors (Lipinski definition) is 3. The molecule has 2 heterocycles. The summed E-state index contributed by atoms with van der Waals surface area (Å²) in [5, 5.41) is 10.3. The van der Waals surface area contributed by atoms with E-state index in [4.69, 9.17) is 0 Å². The molecule has 1 saturated heterocycles. The number of nitrogens with zero attached hydrogens (tertiary/aromatic N) is 3. The van der Waals surface area contributed by atoms with Crippen molar-refractivity contribution in [3.63, 3.8) is 0 Å². The maximum atomic E-state index is 12.4. The second-order valence-electron chi connectivity index (χ2n) is 5.68. The lowest BCUT2D eigenvalue weighted by atomic mass is 10.2. The molecule has 21 heavy (non-hydrogen) atoms. The Kier molecular flexibility index (Phi) is 3.94. The van der Waals surface area contributed by atoms with Gasteiger partial charge in [0.1, 0.15) is 6.54 Å². The van der Waals surface area contributed by atoms with Gasteiger partial charge in [0.15, 0.2) is 0 Å². The fourth-order valence-corrected chi connectivity index (χ4v) is 2.77. The van der Waals surface area contributed by atoms with Gasteiger partial charge >= 0.3 is 0 Å². The highest BCUT2D eigenvalue weighted by atomic mass is 16.3. The molecule has 0 spiro atoms. The monoisotopic (exact) mass is 287 g/mol. The van der Waals surface area contributed by atoms with Crippen LogP contribution >= 0.6 is 0 Å². The maximum absolute atomic E-state index is 12.4. The van der Waals surface area contributed by atoms with Crippen molar-refractivity contribution >= 4 is 16.8 Å². The molecule has 1 amide bonds. The second kappa shape index (κ2) is 5.87. The quantitative estimate of drug-likeness (QED) is 0.913. The first-order valence-electron chi connectivity index (χ1n) is 7.32. The number of hydrogen-bond donors (Lipinski definition) is 1. The molecule has 0 unspecified atom stereocenters. The third-order valence-electron chi connectivity index (χ3n) is 4.18. The SMILES string of the molecule is CN1CCN(C(=O)Cn2ccc3ccc(CO)cc32)CC1. The molecule has 1 aromatic carbocycles. The van der Waals surface area contributed by atoms with Crippen LogP contribution in [-0.4, -0.2) is 58.6 Å². The van der Waals surface area contributed by atoms with Gasteiger partial charge in [0.05, 0.1) is 6.61 Å². The molecular weight excluding hydrogens is 266 g/mol. The van der Waals surface area contributed by atoms with E-state index in [0.717, 1.165) is 42.6 Å². The zero-order chi connectivity index (χ0) is 14.8. The van der Waals surface area contributed by atoms with Crippen LogP contribution in [0.1, 0.15) is 5.56 Å². The van der Waals surface area contributed by atoms with E-state index in [2.05, 4.69) is 11.9 Å². The van der Waals surface area contributed by atoms with Crippen LogP contribution in [0.2, 0.25) is 0 Å². The lowest BCUT2D eigenvalue weighted by Gasteiger charge is -2.32. The van der Waals surface area contributed by atoms with Crippen molar-refractivity contribution in [2.45, 2.75) is 13.2 Å². The Morgan fingerprint density at radius 2 is 1.95 bits per heavy atom. The van der Waals surface area contributed by atoms with Crippen molar-refractivity contribution in [1.82, 2.24) is 14.4 Å². The average Bonchev–Trinajstić information content (AvgIpc) is 2.90. The molecule has 3 rings (SSSR count). The standard InChI is InChI=1S/C16H21N3O2/c1-17-6-8-18(9-7-17)16(21)11-19-5-4-14-3-2-13(12-20)10-15(14)19/h2-5,10,20H,6-9,11-12H2,1H3. The third-order valence-corrected chi connectivity index (χ3v) is 4.18. The smallest absolute Gasteiger partial charge is 0.242 e. The zero-order valence-corrected chi connectivity index (χ0v) is 12.3. The number of piperazine rings is 1. The minimum absolute atomic E-state index is 0.0214. The normalized spacial score (nSPS) is 16.6. The number of benzene rings is 1. The van der Waals surface area contributed by atoms with Crippen molar-refractivity contribution in [3.8, 4) is 0 Å². The molecule has 1 aliphatic rings. The van der Waals surface area contributed by atoms with Gasteiger partial charge in [-0.2, -0.15) is 0 Å². The third kappa shape index (κ3) is 2.94. The molecule has 1 N–H and O–H groups in total. The van der Waals surface area contributed by atoms with E-state index in [1.165, 1.54) is 0 Å². The number of amides is 1. The Morgan fingerprint density at radius 3 is 2.67 bits per heavy atom. The minimum Gasteiger partial charge on any atom is -0.392 e. The Morgan fingerprint density at radius 1 is 1.19 bits per heavy atom. The summed E-state index contributed by atoms with van der Waals surface area (Å²) in [6.45, 7) is 3.86. The molecule has 1 fully saturated rings. The van der Waals surface area contributed by atoms with Crippen LogP contribution < -0.4 is 0 Å². The van der Waals surface area contributed by atoms with Crippen LogP contribution in [0.3, 0.4) is 0 Å². The molecule has 0 aliphatic carbocycles. The molecular formula is C16H21N3O2. The van der Waals surface area contributed by atoms with E-state index in [0.29, 0.717) is 6.54 Å². The highest BCUT2D eigenvalue weighted by Gasteiger charge is 2.19. The number of aliphatic hydroxyl groups excluding tert-OH is 1. The van der Waals surface area contributed by atoms with E-state index in [-0.39, 0.29) is 12.5 Å². The molecule has 1 aromatic heterocycles. The number of carbonyl (C=O) groups excluding carboxylic acids is 1. The average molecular weight is 287 g/mol. The first-order chi connectivity index (χ1) is 10.2. The molecule has 5 nitrogen and oxygen atoms in total. The second-order valence-corrected chi connectivity index (χ2v) is 5.68. The van der Waals surface area contributed by atoms with Crippen LogP contribution in [0.15, 0.2) is 30.5 Å². The highest BCUT2D eigenvalue weighted by Crippen LogP contribution is 2.18. The Labute approximate surface area is 124 Å². The summed E-state index contributed by atoms with van der Waals surface area (Å²) in [7, 11) is 2.08. The molecule has 0 saturated carbocycles. The van der Waals surface area contributed by atoms with Crippen LogP contribution in [-0.2, 0) is 17.9 Å². The van der Waals surface area contributed by atoms with Crippen LogP contribution in [0, 0.1) is 0 Å². The van der Waals surface area contributed by atoms with Gasteiger partial charge in [-0.1, -0.05) is 12.1 Å². The summed E-state index contributed by atoms with van der Waals surface area (Å²) in [6.07, 6.45) is 1.94. The van der Waals surface area contributed by atoms with E-state index in [1.807, 2.05) is 39.9 Å². The van der Waals surface area contributed by atoms with Crippen molar-refractivity contribution < 1.29 is 9.90 Å². The molecule has 2 aromatic rings. The zero-order valence-electron chi connectivity index (χ0n) is 12.3. The summed E-state index contributed by atoms with van der Waals surface area (Å²) in [4.78, 5) is 16.6. The van der Waals surface area contributed by atoms with Crippen LogP contribution in [0.25, 0.3) is 10.9 Å². The summed E-state index contributed by atoms with van der Waals surface area (Å²) in [5.41, 5.74) is 1.87. The molecule has 0 bridgehead atoms. The van der Waals surface area contributed by atoms with E-state index < -0.39 is 0 Å². The van der Waals surface area contributed by atoms with Crippen molar-refractivity contribution in [2.75, 3.05) is 33.2 Å². The minimum atomic E-state index is 0.0214. The predicted octanol–water partition coefficient (Wildman–Crippen LogP) is 0.908. The summed E-state index contributed by atoms with van der Waals surface area (Å²) < 4.78 is 1.97. The summed E-state index contributed by atoms with van der Waals surface area (Å²) >= 11 is 0. The molecule has 0 atom stereocenters. The van der Waals surface area contributed by atoms with Crippen molar-refractivity contribution in [2.24, 2.45) is 0 Å². The van der Waals surface area contributed by atoms with Crippen LogP contribution in [0.4, 0.5) is 0 Å². The van der Waals surface area contributed by atoms with Crippen molar-refractivity contribution in [3.05, 3.63) is 36.0 Å². The topological polar surface area (TPSA) is 48.7 Å². The first kappa shape index (κ1) is 14.1. The van der Waals surface area contributed by atoms with E-state index in [9.17, 15) is 9.90 Å². The Bertz CT molecular complexity index is 642. The molecule has 1 aliphatic heterocycles. The van der Waals surface area contributed by atoms with E-state index in [1.54, 1.807) is 0 Å². The van der Waals surface area contributed by atoms with Gasteiger partial charge in [0.25, 0.3) is 0 Å². The fraction of sp³-hybridized carbons (Fsp3) is 0.438. The number of carbonyl (C=O) groups is 1. The molecule has 5 heteroatoms. The van der Waals surface area contributed by atoms with Gasteiger partial charge in [-0.3, -0.25) is 4.79 Å². The van der Waals surface area contributed by atoms with Gasteiger partial charge in [0, 0.05) is 37.9 Å². The molecule has 112 valence electrons. The highest BCUT2D eigenvalue weighted by molar-refractivity contribution is 5.84. The van der Waals surface area contributed by atoms with E-state index >= 15 is 0 Å². The number of aromatic nitrogens is 1. The van der Waals surface area contributed by atoms with Crippen molar-refractivity contribution in [1.29, 1.82) is 0 Å². The summed E-state index contributed by atoms with van der Waals surface area (Å²) in [6, 6.07) is 7.85. The van der Waals surface area contributed by atoms with Crippen LogP contribution in [0.5, 0.6) is 0 Å². The van der Waals surface area contributed by atoms with Gasteiger partial charge in [0.2, 0.25) is 5.91 Å². The first-order valence-corrected chi connectivity index (χ1v) is 7.32. The van der Waals surface area contributed by atoms with Gasteiger partial charge in [-0.05, 0) is 30.1 Å².